The molecule has 9 heteroatoms. The molecule has 0 bridgehead atoms. The van der Waals surface area contributed by atoms with Gasteiger partial charge in [0.15, 0.2) is 0 Å². The van der Waals surface area contributed by atoms with Gasteiger partial charge in [0.05, 0.1) is 18.9 Å². The molecular formula is C36H50N6O3. The van der Waals surface area contributed by atoms with Crippen LogP contribution in [0.2, 0.25) is 0 Å². The van der Waals surface area contributed by atoms with E-state index in [9.17, 15) is 9.59 Å². The molecule has 2 aliphatic rings. The number of aromatic nitrogens is 2. The number of benzene rings is 1. The van der Waals surface area contributed by atoms with Crippen LogP contribution in [-0.2, 0) is 17.8 Å². The van der Waals surface area contributed by atoms with E-state index in [0.717, 1.165) is 91.6 Å². The van der Waals surface area contributed by atoms with Crippen molar-refractivity contribution in [2.24, 2.45) is 0 Å². The number of hydrogen-bond acceptors (Lipinski definition) is 7. The number of anilines is 1. The van der Waals surface area contributed by atoms with Gasteiger partial charge in [-0.05, 0) is 108 Å². The van der Waals surface area contributed by atoms with E-state index in [1.54, 1.807) is 0 Å². The fourth-order valence-corrected chi connectivity index (χ4v) is 6.95. The van der Waals surface area contributed by atoms with Crippen molar-refractivity contribution in [1.29, 1.82) is 0 Å². The predicted molar refractivity (Wildman–Crippen MR) is 181 cm³/mol. The van der Waals surface area contributed by atoms with Gasteiger partial charge in [0, 0.05) is 79.1 Å². The normalized spacial score (nSPS) is 19.1. The molecule has 0 unspecified atom stereocenters. The van der Waals surface area contributed by atoms with Gasteiger partial charge in [-0.3, -0.25) is 19.5 Å². The van der Waals surface area contributed by atoms with E-state index < -0.39 is 0 Å². The van der Waals surface area contributed by atoms with Crippen LogP contribution in [0, 0.1) is 20.8 Å². The summed E-state index contributed by atoms with van der Waals surface area (Å²) in [7, 11) is 4.35. The monoisotopic (exact) mass is 614 g/mol. The number of carbonyl (C=O) groups is 1. The molecular weight excluding hydrogens is 564 g/mol. The number of pyridine rings is 2. The maximum atomic E-state index is 13.9. The molecule has 2 fully saturated rings. The second-order valence-electron chi connectivity index (χ2n) is 12.9. The third kappa shape index (κ3) is 7.83. The summed E-state index contributed by atoms with van der Waals surface area (Å²) in [4.78, 5) is 41.4. The Labute approximate surface area is 268 Å². The fraction of sp³-hybridized carbons (Fsp3) is 0.528. The molecule has 0 spiro atoms. The standard InChI is InChI=1S/C36H50N6O3/c1-7-42(31-12-10-30(11-13-31)40(5)6)34-20-28(27-8-9-29(37-21-27)23-41-14-16-45-17-15-41)19-32(26(34)4)35(43)38-22-33-24(2)18-25(3)39-36(33)44/h8-9,18-21,30-31H,7,10-17,22-23H2,1-6H3,(H,38,43)(H,39,44). The van der Waals surface area contributed by atoms with Crippen molar-refractivity contribution >= 4 is 11.6 Å². The van der Waals surface area contributed by atoms with Crippen LogP contribution in [0.15, 0.2) is 41.3 Å². The molecule has 242 valence electrons. The van der Waals surface area contributed by atoms with Crippen LogP contribution in [0.3, 0.4) is 0 Å². The zero-order valence-corrected chi connectivity index (χ0v) is 27.9. The van der Waals surface area contributed by atoms with Crippen LogP contribution in [0.5, 0.6) is 0 Å². The summed E-state index contributed by atoms with van der Waals surface area (Å²) in [5.74, 6) is -0.181. The van der Waals surface area contributed by atoms with Crippen molar-refractivity contribution in [3.63, 3.8) is 0 Å². The molecule has 1 aliphatic heterocycles. The van der Waals surface area contributed by atoms with Gasteiger partial charge < -0.3 is 24.8 Å². The highest BCUT2D eigenvalue weighted by Gasteiger charge is 2.28. The molecule has 3 heterocycles. The first-order valence-corrected chi connectivity index (χ1v) is 16.4. The van der Waals surface area contributed by atoms with Gasteiger partial charge >= 0.3 is 0 Å². The quantitative estimate of drug-likeness (QED) is 0.338. The molecule has 2 N–H and O–H groups in total. The minimum Gasteiger partial charge on any atom is -0.379 e. The molecule has 1 saturated heterocycles. The first-order chi connectivity index (χ1) is 21.6. The largest absolute Gasteiger partial charge is 0.379 e. The van der Waals surface area contributed by atoms with Crippen LogP contribution in [0.4, 0.5) is 5.69 Å². The first kappa shape index (κ1) is 32.9. The number of H-pyrrole nitrogens is 1. The molecule has 0 radical (unpaired) electrons. The third-order valence-electron chi connectivity index (χ3n) is 9.68. The number of morpholine rings is 1. The van der Waals surface area contributed by atoms with E-state index in [0.29, 0.717) is 23.2 Å². The highest BCUT2D eigenvalue weighted by Crippen LogP contribution is 2.35. The van der Waals surface area contributed by atoms with Gasteiger partial charge in [-0.1, -0.05) is 6.07 Å². The zero-order valence-electron chi connectivity index (χ0n) is 27.9. The molecule has 3 aromatic rings. The lowest BCUT2D eigenvalue weighted by Crippen LogP contribution is -2.42. The van der Waals surface area contributed by atoms with Gasteiger partial charge in [0.2, 0.25) is 0 Å². The third-order valence-corrected chi connectivity index (χ3v) is 9.68. The number of nitrogens with zero attached hydrogens (tertiary/aromatic N) is 4. The molecule has 1 saturated carbocycles. The Hall–Kier alpha value is -3.53. The van der Waals surface area contributed by atoms with Crippen LogP contribution in [-0.4, -0.2) is 84.7 Å². The Morgan fingerprint density at radius 3 is 2.36 bits per heavy atom. The summed E-state index contributed by atoms with van der Waals surface area (Å²) < 4.78 is 5.49. The Morgan fingerprint density at radius 1 is 1.02 bits per heavy atom. The lowest BCUT2D eigenvalue weighted by molar-refractivity contribution is 0.0336. The van der Waals surface area contributed by atoms with Gasteiger partial charge in [-0.25, -0.2) is 0 Å². The second-order valence-corrected chi connectivity index (χ2v) is 12.9. The zero-order chi connectivity index (χ0) is 32.1. The average molecular weight is 615 g/mol. The summed E-state index contributed by atoms with van der Waals surface area (Å²) in [6, 6.07) is 11.4. The average Bonchev–Trinajstić information content (AvgIpc) is 3.02. The number of amides is 1. The number of carbonyl (C=O) groups excluding carboxylic acids is 1. The number of aryl methyl sites for hydroxylation is 2. The topological polar surface area (TPSA) is 93.8 Å². The maximum Gasteiger partial charge on any atom is 0.253 e. The number of nitrogens with one attached hydrogen (secondary N) is 2. The van der Waals surface area contributed by atoms with Crippen LogP contribution in [0.25, 0.3) is 11.1 Å². The van der Waals surface area contributed by atoms with E-state index in [2.05, 4.69) is 71.1 Å². The van der Waals surface area contributed by atoms with Crippen LogP contribution in [0.1, 0.15) is 71.0 Å². The molecule has 45 heavy (non-hydrogen) atoms. The highest BCUT2D eigenvalue weighted by molar-refractivity contribution is 5.99. The van der Waals surface area contributed by atoms with Gasteiger partial charge in [0.1, 0.15) is 0 Å². The van der Waals surface area contributed by atoms with Crippen molar-refractivity contribution in [1.82, 2.24) is 25.1 Å². The molecule has 1 aliphatic carbocycles. The summed E-state index contributed by atoms with van der Waals surface area (Å²) in [6.45, 7) is 13.2. The van der Waals surface area contributed by atoms with Crippen molar-refractivity contribution in [2.75, 3.05) is 51.8 Å². The van der Waals surface area contributed by atoms with Crippen LogP contribution >= 0.6 is 0 Å². The number of aromatic amines is 1. The van der Waals surface area contributed by atoms with E-state index in [-0.39, 0.29) is 18.0 Å². The number of hydrogen-bond donors (Lipinski definition) is 2. The molecule has 1 aromatic carbocycles. The Morgan fingerprint density at radius 2 is 1.73 bits per heavy atom. The minimum atomic E-state index is -0.181. The summed E-state index contributed by atoms with van der Waals surface area (Å²) in [5.41, 5.74) is 7.75. The van der Waals surface area contributed by atoms with Gasteiger partial charge in [-0.15, -0.1) is 0 Å². The predicted octanol–water partition coefficient (Wildman–Crippen LogP) is 4.82. The molecule has 5 rings (SSSR count). The van der Waals surface area contributed by atoms with Gasteiger partial charge in [0.25, 0.3) is 11.5 Å². The molecule has 9 nitrogen and oxygen atoms in total. The SMILES string of the molecule is CCN(c1cc(-c2ccc(CN3CCOCC3)nc2)cc(C(=O)NCc2c(C)cc(C)[nH]c2=O)c1C)C1CCC(N(C)C)CC1. The van der Waals surface area contributed by atoms with Crippen molar-refractivity contribution in [3.05, 3.63) is 80.5 Å². The minimum absolute atomic E-state index is 0.160. The number of rotatable bonds is 10. The van der Waals surface area contributed by atoms with E-state index in [1.807, 2.05) is 32.2 Å². The summed E-state index contributed by atoms with van der Waals surface area (Å²) >= 11 is 0. The number of ether oxygens (including phenoxy) is 1. The Kier molecular flexibility index (Phi) is 10.7. The fourth-order valence-electron chi connectivity index (χ4n) is 6.95. The van der Waals surface area contributed by atoms with Crippen molar-refractivity contribution in [2.45, 2.75) is 78.6 Å². The Balaban J connectivity index is 1.46. The lowest BCUT2D eigenvalue weighted by atomic mass is 9.88. The van der Waals surface area contributed by atoms with E-state index >= 15 is 0 Å². The smallest absolute Gasteiger partial charge is 0.253 e. The summed E-state index contributed by atoms with van der Waals surface area (Å²) in [6.07, 6.45) is 6.50. The second kappa shape index (κ2) is 14.7. The molecule has 1 amide bonds. The molecule has 0 atom stereocenters. The lowest BCUT2D eigenvalue weighted by Gasteiger charge is -2.40. The van der Waals surface area contributed by atoms with Gasteiger partial charge in [-0.2, -0.15) is 0 Å². The highest BCUT2D eigenvalue weighted by atomic mass is 16.5. The first-order valence-electron chi connectivity index (χ1n) is 16.4. The van der Waals surface area contributed by atoms with E-state index in [4.69, 9.17) is 9.72 Å². The van der Waals surface area contributed by atoms with E-state index in [1.165, 1.54) is 12.8 Å². The maximum absolute atomic E-state index is 13.9. The van der Waals surface area contributed by atoms with Crippen molar-refractivity contribution < 1.29 is 9.53 Å². The Bertz CT molecular complexity index is 1520. The molecule has 2 aromatic heterocycles. The van der Waals surface area contributed by atoms with Crippen LogP contribution < -0.4 is 15.8 Å². The summed E-state index contributed by atoms with van der Waals surface area (Å²) in [5, 5.41) is 3.06. The van der Waals surface area contributed by atoms with Crippen molar-refractivity contribution in [3.8, 4) is 11.1 Å².